The maximum Gasteiger partial charge on any atom is 0.322 e. The van der Waals surface area contributed by atoms with Crippen LogP contribution in [0.5, 0.6) is 0 Å². The number of nitrogens with zero attached hydrogens (tertiary/aromatic N) is 1. The molecule has 7 heteroatoms. The fourth-order valence-corrected chi connectivity index (χ4v) is 2.48. The molecule has 106 valence electrons. The molecule has 1 spiro atoms. The Labute approximate surface area is 111 Å². The van der Waals surface area contributed by atoms with Crippen LogP contribution in [0.2, 0.25) is 0 Å². The zero-order chi connectivity index (χ0) is 14.0. The van der Waals surface area contributed by atoms with E-state index in [0.29, 0.717) is 31.8 Å². The van der Waals surface area contributed by atoms with Gasteiger partial charge in [0, 0.05) is 13.0 Å². The topological polar surface area (TPSA) is 105 Å². The number of amides is 4. The second-order valence-corrected chi connectivity index (χ2v) is 5.44. The van der Waals surface area contributed by atoms with Gasteiger partial charge in [0.1, 0.15) is 5.54 Å². The first-order valence-electron chi connectivity index (χ1n) is 6.58. The largest absolute Gasteiger partial charge is 0.340 e. The standard InChI is InChI=1S/C12H20N4O3/c1-8(6-13)2-3-9(17)16-5-4-12(7-16)10(18)14-11(19)15-12/h8H,2-7,13H2,1H3,(H2,14,15,18,19). The molecule has 4 N–H and O–H groups in total. The summed E-state index contributed by atoms with van der Waals surface area (Å²) < 4.78 is 0. The Bertz CT molecular complexity index is 412. The van der Waals surface area contributed by atoms with Gasteiger partial charge in [-0.25, -0.2) is 4.79 Å². The lowest BCUT2D eigenvalue weighted by Gasteiger charge is -2.21. The van der Waals surface area contributed by atoms with Crippen molar-refractivity contribution in [2.75, 3.05) is 19.6 Å². The molecule has 0 aromatic carbocycles. The number of carbonyl (C=O) groups is 3. The molecule has 2 aliphatic heterocycles. The highest BCUT2D eigenvalue weighted by Gasteiger charge is 2.51. The lowest BCUT2D eigenvalue weighted by Crippen LogP contribution is -2.49. The Balaban J connectivity index is 1.90. The first-order chi connectivity index (χ1) is 8.97. The number of imide groups is 1. The van der Waals surface area contributed by atoms with E-state index in [1.54, 1.807) is 4.90 Å². The Hall–Kier alpha value is -1.63. The smallest absolute Gasteiger partial charge is 0.322 e. The van der Waals surface area contributed by atoms with Crippen molar-refractivity contribution in [3.05, 3.63) is 0 Å². The second kappa shape index (κ2) is 5.16. The molecule has 7 nitrogen and oxygen atoms in total. The van der Waals surface area contributed by atoms with E-state index in [2.05, 4.69) is 10.6 Å². The molecular formula is C12H20N4O3. The van der Waals surface area contributed by atoms with Gasteiger partial charge in [-0.1, -0.05) is 6.92 Å². The number of urea groups is 1. The lowest BCUT2D eigenvalue weighted by molar-refractivity contribution is -0.131. The van der Waals surface area contributed by atoms with Crippen molar-refractivity contribution >= 4 is 17.8 Å². The quantitative estimate of drug-likeness (QED) is 0.579. The molecule has 0 radical (unpaired) electrons. The van der Waals surface area contributed by atoms with Crippen LogP contribution >= 0.6 is 0 Å². The predicted octanol–water partition coefficient (Wildman–Crippen LogP) is -0.828. The molecule has 0 bridgehead atoms. The highest BCUT2D eigenvalue weighted by molar-refractivity contribution is 6.07. The zero-order valence-electron chi connectivity index (χ0n) is 11.1. The lowest BCUT2D eigenvalue weighted by atomic mass is 9.99. The number of nitrogens with one attached hydrogen (secondary N) is 2. The SMILES string of the molecule is CC(CN)CCC(=O)N1CCC2(C1)NC(=O)NC2=O. The third-order valence-corrected chi connectivity index (χ3v) is 3.89. The Morgan fingerprint density at radius 3 is 2.84 bits per heavy atom. The van der Waals surface area contributed by atoms with Gasteiger partial charge < -0.3 is 16.0 Å². The maximum absolute atomic E-state index is 12.0. The van der Waals surface area contributed by atoms with Gasteiger partial charge in [0.2, 0.25) is 5.91 Å². The van der Waals surface area contributed by atoms with Crippen molar-refractivity contribution in [2.45, 2.75) is 31.7 Å². The Morgan fingerprint density at radius 1 is 1.53 bits per heavy atom. The molecule has 2 fully saturated rings. The normalized spacial score (nSPS) is 27.6. The van der Waals surface area contributed by atoms with Crippen LogP contribution in [0, 0.1) is 5.92 Å². The van der Waals surface area contributed by atoms with E-state index in [1.807, 2.05) is 6.92 Å². The average molecular weight is 268 g/mol. The van der Waals surface area contributed by atoms with Gasteiger partial charge in [-0.05, 0) is 25.3 Å². The van der Waals surface area contributed by atoms with Gasteiger partial charge in [-0.15, -0.1) is 0 Å². The molecule has 4 amide bonds. The summed E-state index contributed by atoms with van der Waals surface area (Å²) in [5.41, 5.74) is 4.60. The fourth-order valence-electron chi connectivity index (χ4n) is 2.48. The molecule has 0 saturated carbocycles. The van der Waals surface area contributed by atoms with Crippen LogP contribution in [0.25, 0.3) is 0 Å². The molecule has 19 heavy (non-hydrogen) atoms. The number of likely N-dealkylation sites (tertiary alicyclic amines) is 1. The Kier molecular flexibility index (Phi) is 3.75. The van der Waals surface area contributed by atoms with Gasteiger partial charge in [0.25, 0.3) is 5.91 Å². The minimum absolute atomic E-state index is 0.0196. The molecule has 0 aliphatic carbocycles. The van der Waals surface area contributed by atoms with Crippen molar-refractivity contribution in [1.29, 1.82) is 0 Å². The monoisotopic (exact) mass is 268 g/mol. The molecule has 2 saturated heterocycles. The minimum atomic E-state index is -0.910. The van der Waals surface area contributed by atoms with Crippen LogP contribution in [0.15, 0.2) is 0 Å². The van der Waals surface area contributed by atoms with Gasteiger partial charge in [-0.3, -0.25) is 14.9 Å². The van der Waals surface area contributed by atoms with Crippen molar-refractivity contribution in [3.8, 4) is 0 Å². The van der Waals surface area contributed by atoms with E-state index in [9.17, 15) is 14.4 Å². The summed E-state index contributed by atoms with van der Waals surface area (Å²) in [6.45, 7) is 3.34. The summed E-state index contributed by atoms with van der Waals surface area (Å²) >= 11 is 0. The van der Waals surface area contributed by atoms with Gasteiger partial charge in [0.15, 0.2) is 0 Å². The molecule has 2 atom stereocenters. The van der Waals surface area contributed by atoms with Gasteiger partial charge in [-0.2, -0.15) is 0 Å². The van der Waals surface area contributed by atoms with Crippen molar-refractivity contribution in [3.63, 3.8) is 0 Å². The van der Waals surface area contributed by atoms with E-state index >= 15 is 0 Å². The van der Waals surface area contributed by atoms with E-state index in [0.717, 1.165) is 6.42 Å². The van der Waals surface area contributed by atoms with E-state index < -0.39 is 11.6 Å². The first kappa shape index (κ1) is 13.8. The summed E-state index contributed by atoms with van der Waals surface area (Å²) in [6, 6.07) is -0.476. The molecule has 0 aromatic heterocycles. The van der Waals surface area contributed by atoms with Gasteiger partial charge in [0.05, 0.1) is 6.54 Å². The summed E-state index contributed by atoms with van der Waals surface area (Å²) in [5, 5.41) is 4.85. The van der Waals surface area contributed by atoms with Crippen molar-refractivity contribution < 1.29 is 14.4 Å². The third-order valence-electron chi connectivity index (χ3n) is 3.89. The molecular weight excluding hydrogens is 248 g/mol. The van der Waals surface area contributed by atoms with Crippen molar-refractivity contribution in [2.24, 2.45) is 11.7 Å². The van der Waals surface area contributed by atoms with Crippen LogP contribution in [-0.2, 0) is 9.59 Å². The molecule has 2 unspecified atom stereocenters. The predicted molar refractivity (Wildman–Crippen MR) is 68.1 cm³/mol. The number of rotatable bonds is 4. The van der Waals surface area contributed by atoms with Crippen LogP contribution in [0.1, 0.15) is 26.2 Å². The third kappa shape index (κ3) is 2.70. The van der Waals surface area contributed by atoms with Crippen molar-refractivity contribution in [1.82, 2.24) is 15.5 Å². The van der Waals surface area contributed by atoms with Crippen LogP contribution in [0.3, 0.4) is 0 Å². The summed E-state index contributed by atoms with van der Waals surface area (Å²) in [6.07, 6.45) is 1.66. The highest BCUT2D eigenvalue weighted by Crippen LogP contribution is 2.25. The average Bonchev–Trinajstić information content (AvgIpc) is 2.91. The van der Waals surface area contributed by atoms with E-state index in [-0.39, 0.29) is 18.4 Å². The maximum atomic E-state index is 12.0. The number of nitrogens with two attached hydrogens (primary N) is 1. The second-order valence-electron chi connectivity index (χ2n) is 5.44. The van der Waals surface area contributed by atoms with Crippen LogP contribution < -0.4 is 16.4 Å². The highest BCUT2D eigenvalue weighted by atomic mass is 16.2. The summed E-state index contributed by atoms with van der Waals surface area (Å²) in [5.74, 6) is 0.00393. The molecule has 2 rings (SSSR count). The number of hydrogen-bond acceptors (Lipinski definition) is 4. The van der Waals surface area contributed by atoms with Crippen LogP contribution in [-0.4, -0.2) is 47.9 Å². The summed E-state index contributed by atoms with van der Waals surface area (Å²) in [4.78, 5) is 36.6. The van der Waals surface area contributed by atoms with Crippen LogP contribution in [0.4, 0.5) is 4.79 Å². The minimum Gasteiger partial charge on any atom is -0.340 e. The molecule has 2 heterocycles. The zero-order valence-corrected chi connectivity index (χ0v) is 11.1. The first-order valence-corrected chi connectivity index (χ1v) is 6.58. The van der Waals surface area contributed by atoms with E-state index in [1.165, 1.54) is 0 Å². The van der Waals surface area contributed by atoms with Gasteiger partial charge >= 0.3 is 6.03 Å². The number of carbonyl (C=O) groups excluding carboxylic acids is 3. The molecule has 0 aromatic rings. The summed E-state index contributed by atoms with van der Waals surface area (Å²) in [7, 11) is 0. The number of hydrogen-bond donors (Lipinski definition) is 3. The fraction of sp³-hybridized carbons (Fsp3) is 0.750. The van der Waals surface area contributed by atoms with E-state index in [4.69, 9.17) is 5.73 Å². The molecule has 2 aliphatic rings. The Morgan fingerprint density at radius 2 is 2.26 bits per heavy atom.